The van der Waals surface area contributed by atoms with E-state index in [2.05, 4.69) is 46.0 Å². The van der Waals surface area contributed by atoms with E-state index < -0.39 is 9.52 Å². The van der Waals surface area contributed by atoms with Crippen LogP contribution >= 0.6 is 0 Å². The highest BCUT2D eigenvalue weighted by molar-refractivity contribution is 7.99. The molecule has 0 amide bonds. The van der Waals surface area contributed by atoms with Gasteiger partial charge in [0, 0.05) is 42.5 Å². The van der Waals surface area contributed by atoms with Crippen molar-refractivity contribution < 1.29 is 9.32 Å². The van der Waals surface area contributed by atoms with Crippen molar-refractivity contribution in [3.05, 3.63) is 76.2 Å². The van der Waals surface area contributed by atoms with E-state index in [9.17, 15) is 9.32 Å². The van der Waals surface area contributed by atoms with Gasteiger partial charge >= 0.3 is 0 Å². The largest absolute Gasteiger partial charge is 0.390 e. The molecule has 4 aliphatic rings. The van der Waals surface area contributed by atoms with Gasteiger partial charge < -0.3 is 20.6 Å². The van der Waals surface area contributed by atoms with Gasteiger partial charge in [-0.05, 0) is 81.7 Å². The highest BCUT2D eigenvalue weighted by Gasteiger charge is 2.46. The fraction of sp³-hybridized carbons (Fsp3) is 0.419. The van der Waals surface area contributed by atoms with Gasteiger partial charge in [0.2, 0.25) is 0 Å². The highest BCUT2D eigenvalue weighted by Crippen LogP contribution is 2.51. The molecule has 1 fully saturated rings. The van der Waals surface area contributed by atoms with Crippen molar-refractivity contribution in [2.75, 3.05) is 35.7 Å². The van der Waals surface area contributed by atoms with Crippen LogP contribution in [0, 0.1) is 5.41 Å². The molecule has 1 aliphatic carbocycles. The maximum Gasteiger partial charge on any atom is 0.156 e. The summed E-state index contributed by atoms with van der Waals surface area (Å²) >= 11 is 0. The zero-order valence-electron chi connectivity index (χ0n) is 23.0. The number of anilines is 2. The van der Waals surface area contributed by atoms with Crippen LogP contribution in [0.3, 0.4) is 0 Å². The second-order valence-electron chi connectivity index (χ2n) is 11.8. The van der Waals surface area contributed by atoms with Gasteiger partial charge in [-0.15, -0.1) is 0 Å². The van der Waals surface area contributed by atoms with Crippen molar-refractivity contribution >= 4 is 32.7 Å². The summed E-state index contributed by atoms with van der Waals surface area (Å²) in [6.07, 6.45) is 6.47. The average molecular weight is 557 g/mol. The first-order valence-electron chi connectivity index (χ1n) is 14.1. The van der Waals surface area contributed by atoms with E-state index in [-0.39, 0.29) is 18.1 Å². The normalized spacial score (nSPS) is 22.5. The Morgan fingerprint density at radius 1 is 1.12 bits per heavy atom. The number of amidine groups is 1. The third kappa shape index (κ3) is 3.97. The van der Waals surface area contributed by atoms with E-state index in [1.165, 1.54) is 11.1 Å². The molecule has 4 heterocycles. The molecule has 0 saturated carbocycles. The van der Waals surface area contributed by atoms with Crippen molar-refractivity contribution in [2.45, 2.75) is 56.2 Å². The zero-order chi connectivity index (χ0) is 27.6. The first kappa shape index (κ1) is 25.7. The Hall–Kier alpha value is -3.27. The monoisotopic (exact) mass is 556 g/mol. The smallest absolute Gasteiger partial charge is 0.156 e. The number of hydrogen-bond donors (Lipinski definition) is 2. The van der Waals surface area contributed by atoms with Gasteiger partial charge in [0.15, 0.2) is 11.7 Å². The summed E-state index contributed by atoms with van der Waals surface area (Å²) in [4.78, 5) is 20.2. The lowest BCUT2D eigenvalue weighted by Gasteiger charge is -2.43. The molecule has 8 nitrogen and oxygen atoms in total. The Labute approximate surface area is 236 Å². The first-order valence-corrected chi connectivity index (χ1v) is 16.3. The minimum atomic E-state index is -2.35. The van der Waals surface area contributed by atoms with E-state index in [0.717, 1.165) is 90.9 Å². The summed E-state index contributed by atoms with van der Waals surface area (Å²) in [5.74, 6) is 5.48. The molecule has 0 radical (unpaired) electrons. The summed E-state index contributed by atoms with van der Waals surface area (Å²) in [6, 6.07) is 14.6. The molecule has 0 bridgehead atoms. The number of aliphatic imine (C=N–C) groups is 1. The summed E-state index contributed by atoms with van der Waals surface area (Å²) in [7, 11) is -2.35. The molecular formula is C31H36N6O2S. The summed E-state index contributed by atoms with van der Waals surface area (Å²) < 4.78 is 12.9. The van der Waals surface area contributed by atoms with Crippen LogP contribution < -0.4 is 15.5 Å². The molecule has 1 unspecified atom stereocenters. The molecular weight excluding hydrogens is 520 g/mol. The SMILES string of the molecule is C=S(C)(=O)c1cccc2c1CCCN2C1=NCc2nc(N3CCC4(CC3)Cc3ccccc3[C@H]4N)c(CO)nc21. The van der Waals surface area contributed by atoms with Crippen LogP contribution in [-0.4, -0.2) is 56.9 Å². The number of nitrogens with zero attached hydrogens (tertiary/aromatic N) is 5. The predicted molar refractivity (Wildman–Crippen MR) is 161 cm³/mol. The number of rotatable bonds is 3. The number of fused-ring (bicyclic) bond motifs is 3. The lowest BCUT2D eigenvalue weighted by molar-refractivity contribution is 0.186. The standard InChI is InChI=1S/C31H36N6O2S/c1-40(2,39)26-11-5-10-25-22(26)9-6-14-37(25)30-27-23(18-33-30)35-29(24(19-38)34-27)36-15-12-31(13-16-36)17-20-7-3-4-8-21(20)28(31)32/h3-5,7-8,10-11,28,38H,1,6,9,12-19,32H2,2H3/t28-,40?/m1/s1. The Morgan fingerprint density at radius 2 is 1.93 bits per heavy atom. The maximum atomic E-state index is 12.9. The lowest BCUT2D eigenvalue weighted by Crippen LogP contribution is -2.45. The molecule has 2 atom stereocenters. The van der Waals surface area contributed by atoms with Crippen LogP contribution in [0.1, 0.15) is 59.1 Å². The topological polar surface area (TPSA) is 108 Å². The summed E-state index contributed by atoms with van der Waals surface area (Å²) in [5.41, 5.74) is 13.8. The minimum Gasteiger partial charge on any atom is -0.390 e. The van der Waals surface area contributed by atoms with Crippen molar-refractivity contribution in [3.63, 3.8) is 0 Å². The zero-order valence-corrected chi connectivity index (χ0v) is 23.8. The van der Waals surface area contributed by atoms with Gasteiger partial charge in [-0.25, -0.2) is 9.97 Å². The molecule has 1 saturated heterocycles. The molecule has 3 aromatic rings. The molecule has 9 heteroatoms. The molecule has 3 aliphatic heterocycles. The summed E-state index contributed by atoms with van der Waals surface area (Å²) in [6.45, 7) is 2.74. The second kappa shape index (κ2) is 9.39. The second-order valence-corrected chi connectivity index (χ2v) is 14.3. The van der Waals surface area contributed by atoms with Crippen molar-refractivity contribution in [2.24, 2.45) is 16.1 Å². The van der Waals surface area contributed by atoms with Gasteiger partial charge in [0.05, 0.1) is 18.8 Å². The van der Waals surface area contributed by atoms with Gasteiger partial charge in [-0.1, -0.05) is 30.3 Å². The van der Waals surface area contributed by atoms with Crippen LogP contribution in [0.15, 0.2) is 52.4 Å². The molecule has 2 aromatic carbocycles. The van der Waals surface area contributed by atoms with E-state index >= 15 is 0 Å². The highest BCUT2D eigenvalue weighted by atomic mass is 32.2. The number of piperidine rings is 1. The van der Waals surface area contributed by atoms with Crippen LogP contribution in [0.5, 0.6) is 0 Å². The molecule has 1 spiro atoms. The van der Waals surface area contributed by atoms with Crippen molar-refractivity contribution in [1.82, 2.24) is 9.97 Å². The molecule has 3 N–H and O–H groups in total. The van der Waals surface area contributed by atoms with Gasteiger partial charge in [-0.2, -0.15) is 0 Å². The van der Waals surface area contributed by atoms with Crippen LogP contribution in [0.2, 0.25) is 0 Å². The Bertz CT molecular complexity index is 1640. The molecule has 40 heavy (non-hydrogen) atoms. The number of nitrogens with two attached hydrogens (primary N) is 1. The number of aliphatic hydroxyl groups excluding tert-OH is 1. The van der Waals surface area contributed by atoms with Gasteiger partial charge in [-0.3, -0.25) is 9.20 Å². The van der Waals surface area contributed by atoms with E-state index in [0.29, 0.717) is 12.2 Å². The van der Waals surface area contributed by atoms with E-state index in [4.69, 9.17) is 20.7 Å². The number of benzene rings is 2. The van der Waals surface area contributed by atoms with Gasteiger partial charge in [0.1, 0.15) is 11.4 Å². The van der Waals surface area contributed by atoms with E-state index in [1.807, 2.05) is 12.1 Å². The fourth-order valence-corrected chi connectivity index (χ4v) is 8.36. The predicted octanol–water partition coefficient (Wildman–Crippen LogP) is 3.23. The van der Waals surface area contributed by atoms with Gasteiger partial charge in [0.25, 0.3) is 0 Å². The average Bonchev–Trinajstić information content (AvgIpc) is 3.49. The van der Waals surface area contributed by atoms with Crippen LogP contribution in [0.4, 0.5) is 11.5 Å². The number of hydrogen-bond acceptors (Lipinski definition) is 8. The summed E-state index contributed by atoms with van der Waals surface area (Å²) in [5, 5.41) is 10.4. The minimum absolute atomic E-state index is 0.0581. The Balaban J connectivity index is 1.16. The molecule has 7 rings (SSSR count). The quantitative estimate of drug-likeness (QED) is 0.477. The maximum absolute atomic E-state index is 12.9. The molecule has 1 aromatic heterocycles. The third-order valence-corrected chi connectivity index (χ3v) is 10.7. The van der Waals surface area contributed by atoms with Crippen molar-refractivity contribution in [1.29, 1.82) is 0 Å². The van der Waals surface area contributed by atoms with Crippen molar-refractivity contribution in [3.8, 4) is 0 Å². The third-order valence-electron chi connectivity index (χ3n) is 9.34. The lowest BCUT2D eigenvalue weighted by atomic mass is 9.73. The first-order chi connectivity index (χ1) is 19.3. The Kier molecular flexibility index (Phi) is 6.03. The fourth-order valence-electron chi connectivity index (χ4n) is 7.27. The number of aliphatic hydroxyl groups is 1. The molecule has 208 valence electrons. The van der Waals surface area contributed by atoms with Crippen LogP contribution in [-0.2, 0) is 35.5 Å². The number of aromatic nitrogens is 2. The van der Waals surface area contributed by atoms with Crippen LogP contribution in [0.25, 0.3) is 0 Å². The Morgan fingerprint density at radius 3 is 2.67 bits per heavy atom. The van der Waals surface area contributed by atoms with E-state index in [1.54, 1.807) is 6.26 Å².